The van der Waals surface area contributed by atoms with Crippen molar-refractivity contribution in [1.29, 1.82) is 0 Å². The van der Waals surface area contributed by atoms with E-state index in [0.29, 0.717) is 0 Å². The van der Waals surface area contributed by atoms with E-state index in [2.05, 4.69) is 17.7 Å². The van der Waals surface area contributed by atoms with E-state index >= 15 is 0 Å². The van der Waals surface area contributed by atoms with Crippen LogP contribution in [0, 0.1) is 5.82 Å². The zero-order chi connectivity index (χ0) is 9.31. The van der Waals surface area contributed by atoms with Crippen molar-refractivity contribution in [3.63, 3.8) is 0 Å². The smallest absolute Gasteiger partial charge is 0.161 e. The van der Waals surface area contributed by atoms with Gasteiger partial charge in [0.1, 0.15) is 0 Å². The molecule has 0 bridgehead atoms. The Morgan fingerprint density at radius 3 is 2.69 bits per heavy atom. The molecule has 1 fully saturated rings. The highest BCUT2D eigenvalue weighted by Crippen LogP contribution is 2.36. The standard InChI is InChI=1S/C9H13FN2S/c10-8-5-11-12(6-8)9(7-13)3-1-2-4-9/h5-6,13H,1-4,7H2. The number of halogens is 1. The van der Waals surface area contributed by atoms with Crippen molar-refractivity contribution in [2.75, 3.05) is 5.75 Å². The predicted octanol–water partition coefficient (Wildman–Crippen LogP) is 2.22. The van der Waals surface area contributed by atoms with Crippen LogP contribution in [0.15, 0.2) is 12.4 Å². The maximum atomic E-state index is 12.8. The third-order valence-corrected chi connectivity index (χ3v) is 3.45. The van der Waals surface area contributed by atoms with E-state index in [-0.39, 0.29) is 11.4 Å². The Labute approximate surface area is 82.5 Å². The van der Waals surface area contributed by atoms with Crippen molar-refractivity contribution in [2.24, 2.45) is 0 Å². The summed E-state index contributed by atoms with van der Waals surface area (Å²) in [5.74, 6) is 0.488. The summed E-state index contributed by atoms with van der Waals surface area (Å²) < 4.78 is 14.5. The average molecular weight is 200 g/mol. The number of nitrogens with zero attached hydrogens (tertiary/aromatic N) is 2. The number of rotatable bonds is 2. The summed E-state index contributed by atoms with van der Waals surface area (Å²) in [4.78, 5) is 0. The van der Waals surface area contributed by atoms with Gasteiger partial charge in [-0.3, -0.25) is 4.68 Å². The summed E-state index contributed by atoms with van der Waals surface area (Å²) in [7, 11) is 0. The largest absolute Gasteiger partial charge is 0.263 e. The SMILES string of the molecule is Fc1cnn(C2(CS)CCCC2)c1. The molecular formula is C9H13FN2S. The summed E-state index contributed by atoms with van der Waals surface area (Å²) in [6.45, 7) is 0. The van der Waals surface area contributed by atoms with Gasteiger partial charge in [0, 0.05) is 5.75 Å². The molecule has 0 N–H and O–H groups in total. The Bertz CT molecular complexity index is 292. The van der Waals surface area contributed by atoms with Gasteiger partial charge in [0.25, 0.3) is 0 Å². The molecule has 0 amide bonds. The fourth-order valence-electron chi connectivity index (χ4n) is 2.05. The van der Waals surface area contributed by atoms with Crippen molar-refractivity contribution < 1.29 is 4.39 Å². The van der Waals surface area contributed by atoms with Gasteiger partial charge in [-0.2, -0.15) is 17.7 Å². The fraction of sp³-hybridized carbons (Fsp3) is 0.667. The van der Waals surface area contributed by atoms with Gasteiger partial charge in [0.2, 0.25) is 0 Å². The van der Waals surface area contributed by atoms with E-state index in [1.807, 2.05) is 0 Å². The van der Waals surface area contributed by atoms with Crippen LogP contribution in [0.3, 0.4) is 0 Å². The van der Waals surface area contributed by atoms with Gasteiger partial charge in [-0.25, -0.2) is 4.39 Å². The fourth-order valence-corrected chi connectivity index (χ4v) is 2.51. The van der Waals surface area contributed by atoms with Crippen molar-refractivity contribution in [3.05, 3.63) is 18.2 Å². The van der Waals surface area contributed by atoms with Crippen LogP contribution < -0.4 is 0 Å². The summed E-state index contributed by atoms with van der Waals surface area (Å²) in [5.41, 5.74) is -0.0204. The van der Waals surface area contributed by atoms with Crippen LogP contribution in [0.25, 0.3) is 0 Å². The van der Waals surface area contributed by atoms with E-state index < -0.39 is 0 Å². The van der Waals surface area contributed by atoms with Crippen LogP contribution >= 0.6 is 12.6 Å². The number of hydrogen-bond acceptors (Lipinski definition) is 2. The van der Waals surface area contributed by atoms with E-state index in [9.17, 15) is 4.39 Å². The van der Waals surface area contributed by atoms with Gasteiger partial charge < -0.3 is 0 Å². The second kappa shape index (κ2) is 3.33. The molecule has 2 rings (SSSR count). The molecular weight excluding hydrogens is 187 g/mol. The Hall–Kier alpha value is -0.510. The first-order chi connectivity index (χ1) is 6.27. The van der Waals surface area contributed by atoms with Gasteiger partial charge >= 0.3 is 0 Å². The minimum Gasteiger partial charge on any atom is -0.263 e. The van der Waals surface area contributed by atoms with Gasteiger partial charge in [0.05, 0.1) is 17.9 Å². The van der Waals surface area contributed by atoms with Crippen molar-refractivity contribution >= 4 is 12.6 Å². The van der Waals surface area contributed by atoms with E-state index in [4.69, 9.17) is 0 Å². The van der Waals surface area contributed by atoms with Crippen molar-refractivity contribution in [2.45, 2.75) is 31.2 Å². The topological polar surface area (TPSA) is 17.8 Å². The molecule has 2 nitrogen and oxygen atoms in total. The Morgan fingerprint density at radius 1 is 1.54 bits per heavy atom. The Balaban J connectivity index is 2.30. The highest BCUT2D eigenvalue weighted by molar-refractivity contribution is 7.80. The highest BCUT2D eigenvalue weighted by Gasteiger charge is 2.35. The lowest BCUT2D eigenvalue weighted by atomic mass is 10.0. The molecule has 1 saturated carbocycles. The summed E-state index contributed by atoms with van der Waals surface area (Å²) >= 11 is 4.34. The molecule has 1 heterocycles. The molecule has 0 spiro atoms. The van der Waals surface area contributed by atoms with Crippen LogP contribution in [-0.2, 0) is 5.54 Å². The molecule has 0 aromatic carbocycles. The van der Waals surface area contributed by atoms with Gasteiger partial charge in [-0.05, 0) is 12.8 Å². The minimum atomic E-state index is -0.256. The number of thiol groups is 1. The first-order valence-electron chi connectivity index (χ1n) is 4.58. The molecule has 13 heavy (non-hydrogen) atoms. The maximum absolute atomic E-state index is 12.8. The lowest BCUT2D eigenvalue weighted by Crippen LogP contribution is -2.32. The third kappa shape index (κ3) is 1.47. The first kappa shape index (κ1) is 9.06. The van der Waals surface area contributed by atoms with E-state index in [1.165, 1.54) is 25.2 Å². The molecule has 0 atom stereocenters. The minimum absolute atomic E-state index is 0.0204. The van der Waals surface area contributed by atoms with Crippen LogP contribution in [0.5, 0.6) is 0 Å². The zero-order valence-electron chi connectivity index (χ0n) is 7.41. The van der Waals surface area contributed by atoms with E-state index in [1.54, 1.807) is 4.68 Å². The lowest BCUT2D eigenvalue weighted by molar-refractivity contribution is 0.303. The summed E-state index contributed by atoms with van der Waals surface area (Å²) in [6.07, 6.45) is 7.27. The van der Waals surface area contributed by atoms with Crippen LogP contribution in [-0.4, -0.2) is 15.5 Å². The molecule has 1 aromatic heterocycles. The molecule has 0 saturated heterocycles. The molecule has 0 aliphatic heterocycles. The molecule has 72 valence electrons. The Morgan fingerprint density at radius 2 is 2.23 bits per heavy atom. The van der Waals surface area contributed by atoms with Gasteiger partial charge in [-0.1, -0.05) is 12.8 Å². The number of aromatic nitrogens is 2. The first-order valence-corrected chi connectivity index (χ1v) is 5.22. The van der Waals surface area contributed by atoms with Crippen molar-refractivity contribution in [1.82, 2.24) is 9.78 Å². The molecule has 0 radical (unpaired) electrons. The van der Waals surface area contributed by atoms with Crippen LogP contribution in [0.2, 0.25) is 0 Å². The molecule has 1 aliphatic rings. The average Bonchev–Trinajstić information content (AvgIpc) is 2.73. The third-order valence-electron chi connectivity index (χ3n) is 2.87. The van der Waals surface area contributed by atoms with Gasteiger partial charge in [-0.15, -0.1) is 0 Å². The normalized spacial score (nSPS) is 20.8. The number of hydrogen-bond donors (Lipinski definition) is 1. The predicted molar refractivity (Wildman–Crippen MR) is 52.5 cm³/mol. The Kier molecular flexibility index (Phi) is 2.32. The monoisotopic (exact) mass is 200 g/mol. The lowest BCUT2D eigenvalue weighted by Gasteiger charge is -2.27. The molecule has 4 heteroatoms. The van der Waals surface area contributed by atoms with Crippen molar-refractivity contribution in [3.8, 4) is 0 Å². The maximum Gasteiger partial charge on any atom is 0.161 e. The van der Waals surface area contributed by atoms with E-state index in [0.717, 1.165) is 18.6 Å². The summed E-state index contributed by atoms with van der Waals surface area (Å²) in [5, 5.41) is 4.03. The second-order valence-corrected chi connectivity index (χ2v) is 4.01. The second-order valence-electron chi connectivity index (χ2n) is 3.69. The highest BCUT2D eigenvalue weighted by atomic mass is 32.1. The van der Waals surface area contributed by atoms with Crippen LogP contribution in [0.1, 0.15) is 25.7 Å². The summed E-state index contributed by atoms with van der Waals surface area (Å²) in [6, 6.07) is 0. The molecule has 1 aromatic rings. The zero-order valence-corrected chi connectivity index (χ0v) is 8.30. The molecule has 0 unspecified atom stereocenters. The van der Waals surface area contributed by atoms with Crippen LogP contribution in [0.4, 0.5) is 4.39 Å². The quantitative estimate of drug-likeness (QED) is 0.725. The molecule has 1 aliphatic carbocycles. The van der Waals surface area contributed by atoms with Gasteiger partial charge in [0.15, 0.2) is 5.82 Å².